The molecule has 0 aliphatic heterocycles. The Hall–Kier alpha value is -2.49. The first-order chi connectivity index (χ1) is 10.1. The first-order valence-corrected chi connectivity index (χ1v) is 6.61. The van der Waals surface area contributed by atoms with Gasteiger partial charge in [0.15, 0.2) is 0 Å². The molecule has 0 saturated carbocycles. The van der Waals surface area contributed by atoms with Crippen molar-refractivity contribution in [3.05, 3.63) is 66.0 Å². The predicted molar refractivity (Wildman–Crippen MR) is 78.7 cm³/mol. The van der Waals surface area contributed by atoms with E-state index < -0.39 is 11.6 Å². The van der Waals surface area contributed by atoms with Gasteiger partial charge in [-0.15, -0.1) is 0 Å². The topological polar surface area (TPSA) is 17.8 Å². The number of aromatic nitrogens is 2. The Morgan fingerprint density at radius 3 is 2.43 bits per heavy atom. The fraction of sp³-hybridized carbons (Fsp3) is 0.118. The number of benzene rings is 2. The predicted octanol–water partition coefficient (Wildman–Crippen LogP) is 4.34. The largest absolute Gasteiger partial charge is 0.333 e. The van der Waals surface area contributed by atoms with Gasteiger partial charge in [0.25, 0.3) is 0 Å². The van der Waals surface area contributed by atoms with Crippen molar-refractivity contribution in [2.24, 2.45) is 7.05 Å². The van der Waals surface area contributed by atoms with Crippen LogP contribution in [-0.4, -0.2) is 9.55 Å². The second-order valence-electron chi connectivity index (χ2n) is 4.97. The number of rotatable bonds is 2. The summed E-state index contributed by atoms with van der Waals surface area (Å²) in [6, 6.07) is 12.1. The minimum absolute atomic E-state index is 0.0335. The van der Waals surface area contributed by atoms with Crippen molar-refractivity contribution in [1.82, 2.24) is 9.55 Å². The molecule has 0 atom stereocenters. The van der Waals surface area contributed by atoms with Gasteiger partial charge in [0.05, 0.1) is 23.3 Å². The van der Waals surface area contributed by atoms with Gasteiger partial charge in [-0.25, -0.2) is 13.8 Å². The van der Waals surface area contributed by atoms with Crippen LogP contribution in [0, 0.1) is 18.6 Å². The van der Waals surface area contributed by atoms with Crippen molar-refractivity contribution < 1.29 is 8.78 Å². The van der Waals surface area contributed by atoms with Crippen LogP contribution in [0.3, 0.4) is 0 Å². The number of hydrogen-bond acceptors (Lipinski definition) is 1. The molecular formula is C17H14F2N2. The summed E-state index contributed by atoms with van der Waals surface area (Å²) < 4.78 is 30.3. The van der Waals surface area contributed by atoms with Gasteiger partial charge in [0.1, 0.15) is 11.6 Å². The molecule has 106 valence electrons. The van der Waals surface area contributed by atoms with E-state index in [-0.39, 0.29) is 5.56 Å². The molecule has 1 aromatic heterocycles. The van der Waals surface area contributed by atoms with Crippen LogP contribution < -0.4 is 0 Å². The zero-order valence-corrected chi connectivity index (χ0v) is 11.8. The second-order valence-corrected chi connectivity index (χ2v) is 4.97. The maximum absolute atomic E-state index is 14.4. The van der Waals surface area contributed by atoms with E-state index in [1.54, 1.807) is 24.9 Å². The Balaban J connectivity index is 2.30. The smallest absolute Gasteiger partial charge is 0.138 e. The molecule has 1 heterocycles. The van der Waals surface area contributed by atoms with Crippen molar-refractivity contribution in [3.63, 3.8) is 0 Å². The minimum Gasteiger partial charge on any atom is -0.333 e. The van der Waals surface area contributed by atoms with E-state index in [1.165, 1.54) is 12.1 Å². The van der Waals surface area contributed by atoms with Gasteiger partial charge >= 0.3 is 0 Å². The van der Waals surface area contributed by atoms with Crippen molar-refractivity contribution in [1.29, 1.82) is 0 Å². The molecule has 3 rings (SSSR count). The first-order valence-electron chi connectivity index (χ1n) is 6.61. The van der Waals surface area contributed by atoms with E-state index in [1.807, 2.05) is 30.3 Å². The molecule has 0 radical (unpaired) electrons. The lowest BCUT2D eigenvalue weighted by atomic mass is 10.0. The minimum atomic E-state index is -0.584. The van der Waals surface area contributed by atoms with Gasteiger partial charge in [0.2, 0.25) is 0 Å². The first kappa shape index (κ1) is 13.5. The van der Waals surface area contributed by atoms with Crippen LogP contribution in [-0.2, 0) is 7.05 Å². The molecule has 0 unspecified atom stereocenters. The fourth-order valence-corrected chi connectivity index (χ4v) is 2.41. The maximum atomic E-state index is 14.4. The summed E-state index contributed by atoms with van der Waals surface area (Å²) in [5, 5.41) is 0. The number of halogens is 2. The van der Waals surface area contributed by atoms with Gasteiger partial charge in [-0.3, -0.25) is 0 Å². The third-order valence-corrected chi connectivity index (χ3v) is 3.51. The van der Waals surface area contributed by atoms with E-state index in [0.29, 0.717) is 17.0 Å². The average Bonchev–Trinajstić information content (AvgIpc) is 2.87. The molecular weight excluding hydrogens is 270 g/mol. The van der Waals surface area contributed by atoms with Crippen LogP contribution in [0.5, 0.6) is 0 Å². The molecule has 0 aliphatic carbocycles. The highest BCUT2D eigenvalue weighted by molar-refractivity contribution is 5.79. The highest BCUT2D eigenvalue weighted by Crippen LogP contribution is 2.34. The number of hydrogen-bond donors (Lipinski definition) is 0. The number of aryl methyl sites for hydroxylation is 2. The molecule has 2 aromatic carbocycles. The molecule has 4 heteroatoms. The summed E-state index contributed by atoms with van der Waals surface area (Å²) in [5.74, 6) is -1.13. The molecule has 0 saturated heterocycles. The molecule has 21 heavy (non-hydrogen) atoms. The van der Waals surface area contributed by atoms with Gasteiger partial charge in [-0.2, -0.15) is 0 Å². The molecule has 0 bridgehead atoms. The lowest BCUT2D eigenvalue weighted by Gasteiger charge is -2.10. The van der Waals surface area contributed by atoms with Crippen molar-refractivity contribution in [2.75, 3.05) is 0 Å². The fourth-order valence-electron chi connectivity index (χ4n) is 2.41. The lowest BCUT2D eigenvalue weighted by Crippen LogP contribution is -1.99. The molecule has 2 nitrogen and oxygen atoms in total. The number of imidazole rings is 1. The van der Waals surface area contributed by atoms with Crippen LogP contribution in [0.25, 0.3) is 22.5 Å². The Morgan fingerprint density at radius 2 is 1.71 bits per heavy atom. The maximum Gasteiger partial charge on any atom is 0.138 e. The summed E-state index contributed by atoms with van der Waals surface area (Å²) in [4.78, 5) is 4.30. The highest BCUT2D eigenvalue weighted by Gasteiger charge is 2.21. The van der Waals surface area contributed by atoms with Crippen LogP contribution in [0.1, 0.15) is 5.56 Å². The standard InChI is InChI=1S/C17H14F2N2/c1-11-8-9-13(18)14(15(11)19)17-16(20-10-21(17)2)12-6-4-3-5-7-12/h3-10H,1-2H3. The van der Waals surface area contributed by atoms with Gasteiger partial charge in [-0.1, -0.05) is 36.4 Å². The van der Waals surface area contributed by atoms with Gasteiger partial charge in [0, 0.05) is 12.6 Å². The number of nitrogens with zero attached hydrogens (tertiary/aromatic N) is 2. The van der Waals surface area contributed by atoms with E-state index in [2.05, 4.69) is 4.98 Å². The molecule has 0 aliphatic rings. The quantitative estimate of drug-likeness (QED) is 0.684. The second kappa shape index (κ2) is 5.13. The van der Waals surface area contributed by atoms with Crippen LogP contribution in [0.4, 0.5) is 8.78 Å². The van der Waals surface area contributed by atoms with Crippen LogP contribution >= 0.6 is 0 Å². The monoisotopic (exact) mass is 284 g/mol. The summed E-state index contributed by atoms with van der Waals surface area (Å²) >= 11 is 0. The van der Waals surface area contributed by atoms with Gasteiger partial charge in [-0.05, 0) is 18.6 Å². The average molecular weight is 284 g/mol. The molecule has 0 spiro atoms. The third kappa shape index (κ3) is 2.23. The molecule has 0 N–H and O–H groups in total. The SMILES string of the molecule is Cc1ccc(F)c(-c2c(-c3ccccc3)ncn2C)c1F. The molecule has 0 fully saturated rings. The molecule has 0 amide bonds. The van der Waals surface area contributed by atoms with Crippen molar-refractivity contribution in [3.8, 4) is 22.5 Å². The van der Waals surface area contributed by atoms with E-state index in [4.69, 9.17) is 0 Å². The Morgan fingerprint density at radius 1 is 1.00 bits per heavy atom. The lowest BCUT2D eigenvalue weighted by molar-refractivity contribution is 0.581. The zero-order chi connectivity index (χ0) is 15.0. The zero-order valence-electron chi connectivity index (χ0n) is 11.8. The van der Waals surface area contributed by atoms with E-state index >= 15 is 0 Å². The highest BCUT2D eigenvalue weighted by atomic mass is 19.1. The van der Waals surface area contributed by atoms with Crippen LogP contribution in [0.15, 0.2) is 48.8 Å². The Bertz CT molecular complexity index is 792. The Labute approximate surface area is 121 Å². The summed E-state index contributed by atoms with van der Waals surface area (Å²) in [6.07, 6.45) is 1.57. The van der Waals surface area contributed by atoms with Crippen LogP contribution in [0.2, 0.25) is 0 Å². The summed E-state index contributed by atoms with van der Waals surface area (Å²) in [5.41, 5.74) is 2.22. The van der Waals surface area contributed by atoms with Crippen molar-refractivity contribution in [2.45, 2.75) is 6.92 Å². The van der Waals surface area contributed by atoms with E-state index in [0.717, 1.165) is 5.56 Å². The van der Waals surface area contributed by atoms with Crippen molar-refractivity contribution >= 4 is 0 Å². The summed E-state index contributed by atoms with van der Waals surface area (Å²) in [6.45, 7) is 1.62. The third-order valence-electron chi connectivity index (χ3n) is 3.51. The molecule has 3 aromatic rings. The van der Waals surface area contributed by atoms with E-state index in [9.17, 15) is 8.78 Å². The Kier molecular flexibility index (Phi) is 3.29. The van der Waals surface area contributed by atoms with Gasteiger partial charge < -0.3 is 4.57 Å². The summed E-state index contributed by atoms with van der Waals surface area (Å²) in [7, 11) is 1.73. The normalized spacial score (nSPS) is 10.9.